The number of sulfonamides is 1. The number of nitrogens with one attached hydrogen (secondary N) is 1. The lowest BCUT2D eigenvalue weighted by atomic mass is 9.98. The van der Waals surface area contributed by atoms with Gasteiger partial charge >= 0.3 is 0 Å². The van der Waals surface area contributed by atoms with Crippen molar-refractivity contribution in [2.45, 2.75) is 17.1 Å². The molecule has 0 unspecified atom stereocenters. The van der Waals surface area contributed by atoms with Crippen LogP contribution in [0.3, 0.4) is 0 Å². The molecule has 0 amide bonds. The fourth-order valence-electron chi connectivity index (χ4n) is 2.40. The van der Waals surface area contributed by atoms with Crippen LogP contribution in [0.1, 0.15) is 12.8 Å². The van der Waals surface area contributed by atoms with E-state index in [9.17, 15) is 8.42 Å². The highest BCUT2D eigenvalue weighted by Gasteiger charge is 2.30. The second-order valence-corrected chi connectivity index (χ2v) is 8.98. The maximum atomic E-state index is 12.5. The number of hydrogen-bond donors (Lipinski definition) is 1. The van der Waals surface area contributed by atoms with E-state index in [1.807, 2.05) is 0 Å². The number of rotatable bonds is 7. The number of hydrogen-bond acceptors (Lipinski definition) is 5. The lowest BCUT2D eigenvalue weighted by Gasteiger charge is -2.30. The van der Waals surface area contributed by atoms with Crippen molar-refractivity contribution in [2.24, 2.45) is 5.92 Å². The van der Waals surface area contributed by atoms with Crippen LogP contribution in [-0.2, 0) is 14.8 Å². The Morgan fingerprint density at radius 3 is 2.71 bits per heavy atom. The highest BCUT2D eigenvalue weighted by molar-refractivity contribution is 7.91. The Labute approximate surface area is 135 Å². The molecule has 1 aromatic heterocycles. The molecule has 1 N–H and O–H groups in total. The highest BCUT2D eigenvalue weighted by Crippen LogP contribution is 2.30. The molecule has 1 aliphatic rings. The number of nitrogens with zero attached hydrogens (tertiary/aromatic N) is 1. The maximum Gasteiger partial charge on any atom is 0.252 e. The third-order valence-corrected chi connectivity index (χ3v) is 7.23. The summed E-state index contributed by atoms with van der Waals surface area (Å²) in [5, 5.41) is 3.34. The Hall–Kier alpha value is -0.180. The van der Waals surface area contributed by atoms with Crippen LogP contribution in [0, 0.1) is 5.92 Å². The van der Waals surface area contributed by atoms with Gasteiger partial charge in [0.25, 0.3) is 10.0 Å². The van der Waals surface area contributed by atoms with Gasteiger partial charge in [-0.15, -0.1) is 11.3 Å². The lowest BCUT2D eigenvalue weighted by molar-refractivity contribution is 0.194. The Bertz CT molecular complexity index is 539. The van der Waals surface area contributed by atoms with E-state index in [-0.39, 0.29) is 0 Å². The van der Waals surface area contributed by atoms with Gasteiger partial charge in [0.1, 0.15) is 4.21 Å². The van der Waals surface area contributed by atoms with Crippen molar-refractivity contribution in [3.05, 3.63) is 16.5 Å². The van der Waals surface area contributed by atoms with Crippen molar-refractivity contribution < 1.29 is 13.2 Å². The maximum absolute atomic E-state index is 12.5. The Kier molecular flexibility index (Phi) is 6.46. The average molecular weight is 353 g/mol. The van der Waals surface area contributed by atoms with Crippen LogP contribution >= 0.6 is 22.9 Å². The third-order valence-electron chi connectivity index (χ3n) is 3.63. The monoisotopic (exact) mass is 352 g/mol. The second-order valence-electron chi connectivity index (χ2n) is 5.10. The molecule has 0 aromatic carbocycles. The summed E-state index contributed by atoms with van der Waals surface area (Å²) < 4.78 is 32.3. The predicted octanol–water partition coefficient (Wildman–Crippen LogP) is 2.04. The Morgan fingerprint density at radius 2 is 2.14 bits per heavy atom. The van der Waals surface area contributed by atoms with E-state index in [1.54, 1.807) is 23.5 Å². The minimum Gasteiger partial charge on any atom is -0.383 e. The summed E-state index contributed by atoms with van der Waals surface area (Å²) >= 11 is 6.95. The van der Waals surface area contributed by atoms with Crippen LogP contribution in [0.5, 0.6) is 0 Å². The molecule has 5 nitrogen and oxygen atoms in total. The number of thiophene rings is 1. The number of methoxy groups -OCH3 is 1. The van der Waals surface area contributed by atoms with Crippen LogP contribution in [0.2, 0.25) is 4.34 Å². The first-order valence-corrected chi connectivity index (χ1v) is 9.62. The molecule has 1 aromatic rings. The van der Waals surface area contributed by atoms with E-state index in [4.69, 9.17) is 16.3 Å². The molecule has 1 aliphatic heterocycles. The summed E-state index contributed by atoms with van der Waals surface area (Å²) in [6.07, 6.45) is 1.77. The SMILES string of the molecule is COCCNCC1CCN(S(=O)(=O)c2ccc(Cl)s2)CC1. The number of ether oxygens (including phenoxy) is 1. The summed E-state index contributed by atoms with van der Waals surface area (Å²) in [5.41, 5.74) is 0. The van der Waals surface area contributed by atoms with Gasteiger partial charge in [-0.1, -0.05) is 11.6 Å². The van der Waals surface area contributed by atoms with Crippen LogP contribution < -0.4 is 5.32 Å². The molecular weight excluding hydrogens is 332 g/mol. The molecule has 2 heterocycles. The summed E-state index contributed by atoms with van der Waals surface area (Å²) in [6.45, 7) is 3.61. The van der Waals surface area contributed by atoms with Crippen molar-refractivity contribution in [3.63, 3.8) is 0 Å². The molecule has 8 heteroatoms. The van der Waals surface area contributed by atoms with Crippen molar-refractivity contribution in [2.75, 3.05) is 39.9 Å². The summed E-state index contributed by atoms with van der Waals surface area (Å²) in [6, 6.07) is 3.21. The average Bonchev–Trinajstić information content (AvgIpc) is 2.91. The molecule has 0 radical (unpaired) electrons. The Balaban J connectivity index is 1.83. The largest absolute Gasteiger partial charge is 0.383 e. The first-order chi connectivity index (χ1) is 10.0. The van der Waals surface area contributed by atoms with Crippen molar-refractivity contribution in [3.8, 4) is 0 Å². The van der Waals surface area contributed by atoms with Gasteiger partial charge in [0.05, 0.1) is 10.9 Å². The minimum absolute atomic E-state index is 0.337. The molecule has 0 bridgehead atoms. The quantitative estimate of drug-likeness (QED) is 0.763. The summed E-state index contributed by atoms with van der Waals surface area (Å²) in [7, 11) is -1.68. The molecular formula is C13H21ClN2O3S2. The molecule has 0 spiro atoms. The first-order valence-electron chi connectivity index (χ1n) is 6.99. The van der Waals surface area contributed by atoms with Gasteiger partial charge < -0.3 is 10.1 Å². The number of halogens is 1. The smallest absolute Gasteiger partial charge is 0.252 e. The minimum atomic E-state index is -3.37. The van der Waals surface area contributed by atoms with Crippen molar-refractivity contribution >= 4 is 33.0 Å². The second kappa shape index (κ2) is 7.89. The third kappa shape index (κ3) is 4.64. The van der Waals surface area contributed by atoms with Crippen LogP contribution in [-0.4, -0.2) is 52.6 Å². The predicted molar refractivity (Wildman–Crippen MR) is 85.6 cm³/mol. The molecule has 1 fully saturated rings. The number of piperidine rings is 1. The topological polar surface area (TPSA) is 58.6 Å². The van der Waals surface area contributed by atoms with Gasteiger partial charge in [-0.25, -0.2) is 8.42 Å². The molecule has 0 saturated carbocycles. The van der Waals surface area contributed by atoms with E-state index in [2.05, 4.69) is 5.32 Å². The van der Waals surface area contributed by atoms with Gasteiger partial charge in [-0.2, -0.15) is 4.31 Å². The summed E-state index contributed by atoms with van der Waals surface area (Å²) in [5.74, 6) is 0.528. The molecule has 1 saturated heterocycles. The van der Waals surface area contributed by atoms with Crippen LogP contribution in [0.15, 0.2) is 16.3 Å². The van der Waals surface area contributed by atoms with Gasteiger partial charge in [0, 0.05) is 26.7 Å². The fraction of sp³-hybridized carbons (Fsp3) is 0.692. The molecule has 0 aliphatic carbocycles. The zero-order valence-corrected chi connectivity index (χ0v) is 14.4. The van der Waals surface area contributed by atoms with E-state index in [0.29, 0.717) is 34.2 Å². The zero-order chi connectivity index (χ0) is 15.3. The highest BCUT2D eigenvalue weighted by atomic mass is 35.5. The molecule has 2 rings (SSSR count). The van der Waals surface area contributed by atoms with Crippen molar-refractivity contribution in [1.82, 2.24) is 9.62 Å². The molecule has 120 valence electrons. The Morgan fingerprint density at radius 1 is 1.43 bits per heavy atom. The van der Waals surface area contributed by atoms with E-state index < -0.39 is 10.0 Å². The van der Waals surface area contributed by atoms with E-state index >= 15 is 0 Å². The van der Waals surface area contributed by atoms with E-state index in [0.717, 1.165) is 37.3 Å². The lowest BCUT2D eigenvalue weighted by Crippen LogP contribution is -2.40. The zero-order valence-electron chi connectivity index (χ0n) is 12.0. The van der Waals surface area contributed by atoms with Gasteiger partial charge in [-0.05, 0) is 37.4 Å². The molecule has 21 heavy (non-hydrogen) atoms. The van der Waals surface area contributed by atoms with Gasteiger partial charge in [0.15, 0.2) is 0 Å². The standard InChI is InChI=1S/C13H21ClN2O3S2/c1-19-9-6-15-10-11-4-7-16(8-5-11)21(17,18)13-3-2-12(14)20-13/h2-3,11,15H,4-10H2,1H3. The van der Waals surface area contributed by atoms with Crippen LogP contribution in [0.25, 0.3) is 0 Å². The summed E-state index contributed by atoms with van der Waals surface area (Å²) in [4.78, 5) is 0. The van der Waals surface area contributed by atoms with Gasteiger partial charge in [-0.3, -0.25) is 0 Å². The van der Waals surface area contributed by atoms with Gasteiger partial charge in [0.2, 0.25) is 0 Å². The van der Waals surface area contributed by atoms with Crippen LogP contribution in [0.4, 0.5) is 0 Å². The normalized spacial score (nSPS) is 18.2. The van der Waals surface area contributed by atoms with E-state index in [1.165, 1.54) is 0 Å². The van der Waals surface area contributed by atoms with Crippen molar-refractivity contribution in [1.29, 1.82) is 0 Å². The molecule has 0 atom stereocenters. The first kappa shape index (κ1) is 17.2. The fourth-order valence-corrected chi connectivity index (χ4v) is 5.50.